The summed E-state index contributed by atoms with van der Waals surface area (Å²) in [4.78, 5) is 23.4. The van der Waals surface area contributed by atoms with E-state index < -0.39 is 0 Å². The number of nitrogens with one attached hydrogen (secondary N) is 1. The molecular formula is C20H23N5O2. The van der Waals surface area contributed by atoms with Crippen molar-refractivity contribution in [1.82, 2.24) is 19.4 Å². The van der Waals surface area contributed by atoms with Crippen molar-refractivity contribution >= 4 is 22.8 Å². The van der Waals surface area contributed by atoms with E-state index in [4.69, 9.17) is 4.74 Å². The van der Waals surface area contributed by atoms with Crippen LogP contribution in [0.4, 0.5) is 5.69 Å². The zero-order valence-electron chi connectivity index (χ0n) is 15.3. The van der Waals surface area contributed by atoms with Crippen molar-refractivity contribution in [1.29, 1.82) is 0 Å². The van der Waals surface area contributed by atoms with Crippen molar-refractivity contribution < 1.29 is 9.53 Å². The third-order valence-corrected chi connectivity index (χ3v) is 5.00. The Kier molecular flexibility index (Phi) is 5.02. The van der Waals surface area contributed by atoms with E-state index in [0.29, 0.717) is 12.6 Å². The Morgan fingerprint density at radius 2 is 2.07 bits per heavy atom. The van der Waals surface area contributed by atoms with Gasteiger partial charge in [0.1, 0.15) is 11.3 Å². The molecule has 0 spiro atoms. The summed E-state index contributed by atoms with van der Waals surface area (Å²) in [7, 11) is 1.62. The molecule has 1 aliphatic heterocycles. The third kappa shape index (κ3) is 3.93. The normalized spacial score (nSPS) is 15.7. The number of anilines is 1. The van der Waals surface area contributed by atoms with Crippen molar-refractivity contribution in [3.8, 4) is 5.75 Å². The molecule has 3 heterocycles. The average Bonchev–Trinajstić information content (AvgIpc) is 3.13. The molecule has 0 unspecified atom stereocenters. The lowest BCUT2D eigenvalue weighted by atomic mass is 10.0. The summed E-state index contributed by atoms with van der Waals surface area (Å²) in [5.74, 6) is 0.728. The molecule has 1 amide bonds. The maximum absolute atomic E-state index is 12.3. The number of hydrogen-bond donors (Lipinski definition) is 1. The number of hydrogen-bond acceptors (Lipinski definition) is 5. The highest BCUT2D eigenvalue weighted by molar-refractivity contribution is 5.92. The first-order valence-electron chi connectivity index (χ1n) is 9.17. The van der Waals surface area contributed by atoms with Gasteiger partial charge in [0.05, 0.1) is 20.0 Å². The van der Waals surface area contributed by atoms with Crippen molar-refractivity contribution in [3.05, 3.63) is 48.9 Å². The number of imidazole rings is 1. The van der Waals surface area contributed by atoms with Crippen LogP contribution in [-0.4, -0.2) is 52.1 Å². The first-order chi connectivity index (χ1) is 13.2. The summed E-state index contributed by atoms with van der Waals surface area (Å²) >= 11 is 0. The second-order valence-electron chi connectivity index (χ2n) is 6.79. The predicted octanol–water partition coefficient (Wildman–Crippen LogP) is 2.72. The summed E-state index contributed by atoms with van der Waals surface area (Å²) in [6.07, 6.45) is 5.65. The van der Waals surface area contributed by atoms with E-state index in [1.807, 2.05) is 42.7 Å². The Morgan fingerprint density at radius 1 is 1.22 bits per heavy atom. The maximum atomic E-state index is 12.3. The van der Waals surface area contributed by atoms with Gasteiger partial charge in [0.2, 0.25) is 5.91 Å². The molecule has 1 aromatic carbocycles. The first-order valence-corrected chi connectivity index (χ1v) is 9.17. The summed E-state index contributed by atoms with van der Waals surface area (Å²) in [6, 6.07) is 11.7. The lowest BCUT2D eigenvalue weighted by molar-refractivity contribution is -0.117. The highest BCUT2D eigenvalue weighted by Crippen LogP contribution is 2.25. The molecule has 0 atom stereocenters. The molecule has 140 valence electrons. The second kappa shape index (κ2) is 7.75. The largest absolute Gasteiger partial charge is 0.497 e. The number of pyridine rings is 1. The number of likely N-dealkylation sites (tertiary alicyclic amines) is 1. The molecule has 1 N–H and O–H groups in total. The van der Waals surface area contributed by atoms with Crippen LogP contribution in [0.3, 0.4) is 0 Å². The van der Waals surface area contributed by atoms with E-state index >= 15 is 0 Å². The standard InChI is InChI=1S/C20H23N5O2/c1-27-17-5-2-4-15(12-17)23-19(26)13-24-10-7-16(8-11-24)25-14-22-18-6-3-9-21-20(18)25/h2-6,9,12,14,16H,7-8,10-11,13H2,1H3,(H,23,26). The number of carbonyl (C=O) groups is 1. The summed E-state index contributed by atoms with van der Waals surface area (Å²) in [6.45, 7) is 2.15. The fraction of sp³-hybridized carbons (Fsp3) is 0.350. The smallest absolute Gasteiger partial charge is 0.238 e. The molecule has 0 bridgehead atoms. The average molecular weight is 365 g/mol. The molecule has 7 heteroatoms. The van der Waals surface area contributed by atoms with Crippen LogP contribution in [-0.2, 0) is 4.79 Å². The quantitative estimate of drug-likeness (QED) is 0.753. The van der Waals surface area contributed by atoms with E-state index in [9.17, 15) is 4.79 Å². The minimum atomic E-state index is -0.00329. The molecule has 0 radical (unpaired) electrons. The van der Waals surface area contributed by atoms with Gasteiger partial charge in [-0.05, 0) is 37.1 Å². The van der Waals surface area contributed by atoms with Crippen LogP contribution in [0.25, 0.3) is 11.2 Å². The van der Waals surface area contributed by atoms with E-state index in [-0.39, 0.29) is 5.91 Å². The minimum absolute atomic E-state index is 0.00329. The molecule has 4 rings (SSSR count). The highest BCUT2D eigenvalue weighted by Gasteiger charge is 2.23. The third-order valence-electron chi connectivity index (χ3n) is 5.00. The Bertz CT molecular complexity index is 931. The lowest BCUT2D eigenvalue weighted by Gasteiger charge is -2.32. The Balaban J connectivity index is 1.32. The van der Waals surface area contributed by atoms with Crippen molar-refractivity contribution in [2.75, 3.05) is 32.1 Å². The van der Waals surface area contributed by atoms with Gasteiger partial charge in [0.25, 0.3) is 0 Å². The van der Waals surface area contributed by atoms with Gasteiger partial charge in [0.15, 0.2) is 5.65 Å². The van der Waals surface area contributed by atoms with Crippen LogP contribution in [0, 0.1) is 0 Å². The number of carbonyl (C=O) groups excluding carboxylic acids is 1. The molecule has 1 aliphatic rings. The molecule has 1 fully saturated rings. The summed E-state index contributed by atoms with van der Waals surface area (Å²) in [5.41, 5.74) is 2.62. The zero-order valence-corrected chi connectivity index (χ0v) is 15.3. The van der Waals surface area contributed by atoms with Crippen LogP contribution < -0.4 is 10.1 Å². The lowest BCUT2D eigenvalue weighted by Crippen LogP contribution is -2.39. The van der Waals surface area contributed by atoms with Crippen LogP contribution in [0.1, 0.15) is 18.9 Å². The molecule has 27 heavy (non-hydrogen) atoms. The minimum Gasteiger partial charge on any atom is -0.497 e. The van der Waals surface area contributed by atoms with Gasteiger partial charge in [-0.1, -0.05) is 6.07 Å². The van der Waals surface area contributed by atoms with Gasteiger partial charge < -0.3 is 14.6 Å². The van der Waals surface area contributed by atoms with Crippen molar-refractivity contribution in [3.63, 3.8) is 0 Å². The fourth-order valence-corrected chi connectivity index (χ4v) is 3.59. The van der Waals surface area contributed by atoms with E-state index in [0.717, 1.165) is 48.5 Å². The molecule has 2 aromatic heterocycles. The summed E-state index contributed by atoms with van der Waals surface area (Å²) in [5, 5.41) is 2.94. The zero-order chi connectivity index (χ0) is 18.6. The summed E-state index contributed by atoms with van der Waals surface area (Å²) < 4.78 is 7.36. The number of piperidine rings is 1. The van der Waals surface area contributed by atoms with Gasteiger partial charge >= 0.3 is 0 Å². The number of aromatic nitrogens is 3. The highest BCUT2D eigenvalue weighted by atomic mass is 16.5. The van der Waals surface area contributed by atoms with Crippen LogP contribution in [0.15, 0.2) is 48.9 Å². The molecular weight excluding hydrogens is 342 g/mol. The second-order valence-corrected chi connectivity index (χ2v) is 6.79. The molecule has 0 saturated carbocycles. The van der Waals surface area contributed by atoms with Gasteiger partial charge in [-0.3, -0.25) is 9.69 Å². The number of nitrogens with zero attached hydrogens (tertiary/aromatic N) is 4. The van der Waals surface area contributed by atoms with Crippen LogP contribution in [0.5, 0.6) is 5.75 Å². The number of amides is 1. The van der Waals surface area contributed by atoms with E-state index in [2.05, 4.69) is 24.8 Å². The van der Waals surface area contributed by atoms with Crippen LogP contribution >= 0.6 is 0 Å². The molecule has 0 aliphatic carbocycles. The SMILES string of the molecule is COc1cccc(NC(=O)CN2CCC(n3cnc4cccnc43)CC2)c1. The molecule has 3 aromatic rings. The van der Waals surface area contributed by atoms with Gasteiger partial charge in [-0.25, -0.2) is 9.97 Å². The first kappa shape index (κ1) is 17.5. The van der Waals surface area contributed by atoms with Gasteiger partial charge in [0, 0.05) is 37.1 Å². The molecule has 1 saturated heterocycles. The van der Waals surface area contributed by atoms with E-state index in [1.165, 1.54) is 0 Å². The number of methoxy groups -OCH3 is 1. The van der Waals surface area contributed by atoms with E-state index in [1.54, 1.807) is 13.3 Å². The predicted molar refractivity (Wildman–Crippen MR) is 104 cm³/mol. The Morgan fingerprint density at radius 3 is 2.89 bits per heavy atom. The van der Waals surface area contributed by atoms with Crippen LogP contribution in [0.2, 0.25) is 0 Å². The van der Waals surface area contributed by atoms with Gasteiger partial charge in [-0.15, -0.1) is 0 Å². The maximum Gasteiger partial charge on any atom is 0.238 e. The Hall–Kier alpha value is -2.93. The van der Waals surface area contributed by atoms with Crippen molar-refractivity contribution in [2.45, 2.75) is 18.9 Å². The number of rotatable bonds is 5. The fourth-order valence-electron chi connectivity index (χ4n) is 3.59. The van der Waals surface area contributed by atoms with Gasteiger partial charge in [-0.2, -0.15) is 0 Å². The molecule has 7 nitrogen and oxygen atoms in total. The monoisotopic (exact) mass is 365 g/mol. The number of ether oxygens (including phenoxy) is 1. The number of fused-ring (bicyclic) bond motifs is 1. The Labute approximate surface area is 158 Å². The van der Waals surface area contributed by atoms with Crippen molar-refractivity contribution in [2.24, 2.45) is 0 Å². The topological polar surface area (TPSA) is 72.3 Å². The number of benzene rings is 1.